The van der Waals surface area contributed by atoms with Crippen molar-refractivity contribution < 1.29 is 4.74 Å². The Balaban J connectivity index is 2.48. The van der Waals surface area contributed by atoms with Gasteiger partial charge in [0.1, 0.15) is 5.75 Å². The molecule has 84 valence electrons. The highest BCUT2D eigenvalue weighted by molar-refractivity contribution is 6.33. The van der Waals surface area contributed by atoms with Crippen LogP contribution in [0.5, 0.6) is 5.75 Å². The van der Waals surface area contributed by atoms with Gasteiger partial charge < -0.3 is 4.74 Å². The van der Waals surface area contributed by atoms with Crippen molar-refractivity contribution in [3.63, 3.8) is 0 Å². The number of hydrogen-bond donors (Lipinski definition) is 0. The third-order valence-electron chi connectivity index (χ3n) is 2.50. The Hall–Kier alpha value is -1.98. The molecule has 17 heavy (non-hydrogen) atoms. The summed E-state index contributed by atoms with van der Waals surface area (Å²) in [6.45, 7) is 0. The molecule has 0 bridgehead atoms. The Kier molecular flexibility index (Phi) is 3.32. The summed E-state index contributed by atoms with van der Waals surface area (Å²) in [4.78, 5) is 0. The minimum absolute atomic E-state index is 0.597. The van der Waals surface area contributed by atoms with Gasteiger partial charge in [0.2, 0.25) is 0 Å². The van der Waals surface area contributed by atoms with Crippen molar-refractivity contribution in [3.05, 3.63) is 53.1 Å². The van der Waals surface area contributed by atoms with Gasteiger partial charge in [0.05, 0.1) is 18.7 Å². The molecule has 0 heterocycles. The Morgan fingerprint density at radius 1 is 1.12 bits per heavy atom. The van der Waals surface area contributed by atoms with Crippen molar-refractivity contribution in [1.82, 2.24) is 0 Å². The van der Waals surface area contributed by atoms with Crippen LogP contribution in [-0.4, -0.2) is 7.11 Å². The second-order valence-electron chi connectivity index (χ2n) is 3.53. The summed E-state index contributed by atoms with van der Waals surface area (Å²) in [5.41, 5.74) is 2.42. The first-order valence-electron chi connectivity index (χ1n) is 5.08. The number of nitrogens with zero attached hydrogens (tertiary/aromatic N) is 1. The second kappa shape index (κ2) is 4.90. The predicted molar refractivity (Wildman–Crippen MR) is 68.2 cm³/mol. The summed E-state index contributed by atoms with van der Waals surface area (Å²) in [6.07, 6.45) is 0. The molecule has 0 unspecified atom stereocenters. The van der Waals surface area contributed by atoms with Gasteiger partial charge in [0.25, 0.3) is 0 Å². The van der Waals surface area contributed by atoms with E-state index in [1.807, 2.05) is 24.3 Å². The average molecular weight is 244 g/mol. The van der Waals surface area contributed by atoms with Crippen LogP contribution in [0.25, 0.3) is 11.1 Å². The maximum absolute atomic E-state index is 8.87. The molecule has 0 fully saturated rings. The van der Waals surface area contributed by atoms with Crippen LogP contribution in [-0.2, 0) is 0 Å². The standard InChI is InChI=1S/C14H10ClNO/c1-17-12-5-3-11(4-6-12)13-8-10(9-16)2-7-14(13)15/h2-8H,1H3. The number of methoxy groups -OCH3 is 1. The Labute approximate surface area is 105 Å². The maximum Gasteiger partial charge on any atom is 0.118 e. The molecule has 2 nitrogen and oxygen atoms in total. The predicted octanol–water partition coefficient (Wildman–Crippen LogP) is 3.89. The normalized spacial score (nSPS) is 9.71. The summed E-state index contributed by atoms with van der Waals surface area (Å²) >= 11 is 6.12. The third-order valence-corrected chi connectivity index (χ3v) is 2.83. The van der Waals surface area contributed by atoms with E-state index in [0.717, 1.165) is 16.9 Å². The van der Waals surface area contributed by atoms with E-state index in [0.29, 0.717) is 10.6 Å². The molecule has 2 rings (SSSR count). The van der Waals surface area contributed by atoms with Crippen molar-refractivity contribution in [2.45, 2.75) is 0 Å². The number of halogens is 1. The fraction of sp³-hybridized carbons (Fsp3) is 0.0714. The van der Waals surface area contributed by atoms with Crippen LogP contribution >= 0.6 is 11.6 Å². The number of ether oxygens (including phenoxy) is 1. The highest BCUT2D eigenvalue weighted by atomic mass is 35.5. The molecular formula is C14H10ClNO. The van der Waals surface area contributed by atoms with Gasteiger partial charge in [-0.05, 0) is 35.9 Å². The molecule has 0 atom stereocenters. The quantitative estimate of drug-likeness (QED) is 0.802. The fourth-order valence-corrected chi connectivity index (χ4v) is 1.81. The molecule has 0 aliphatic heterocycles. The van der Waals surface area contributed by atoms with Crippen molar-refractivity contribution >= 4 is 11.6 Å². The molecule has 2 aromatic carbocycles. The van der Waals surface area contributed by atoms with E-state index in [1.165, 1.54) is 0 Å². The molecule has 0 amide bonds. The molecule has 0 aromatic heterocycles. The molecule has 0 saturated carbocycles. The number of nitriles is 1. The van der Waals surface area contributed by atoms with Gasteiger partial charge in [-0.25, -0.2) is 0 Å². The van der Waals surface area contributed by atoms with E-state index < -0.39 is 0 Å². The first-order chi connectivity index (χ1) is 8.24. The van der Waals surface area contributed by atoms with E-state index in [4.69, 9.17) is 21.6 Å². The summed E-state index contributed by atoms with van der Waals surface area (Å²) in [5.74, 6) is 0.793. The van der Waals surface area contributed by atoms with E-state index in [9.17, 15) is 0 Å². The van der Waals surface area contributed by atoms with Crippen LogP contribution in [0.15, 0.2) is 42.5 Å². The SMILES string of the molecule is COc1ccc(-c2cc(C#N)ccc2Cl)cc1. The lowest BCUT2D eigenvalue weighted by atomic mass is 10.0. The highest BCUT2D eigenvalue weighted by Crippen LogP contribution is 2.29. The van der Waals surface area contributed by atoms with Crippen LogP contribution in [0.4, 0.5) is 0 Å². The lowest BCUT2D eigenvalue weighted by molar-refractivity contribution is 0.415. The zero-order valence-corrected chi connectivity index (χ0v) is 10.0. The molecule has 0 spiro atoms. The van der Waals surface area contributed by atoms with Crippen molar-refractivity contribution in [2.24, 2.45) is 0 Å². The lowest BCUT2D eigenvalue weighted by Gasteiger charge is -2.06. The summed E-state index contributed by atoms with van der Waals surface area (Å²) < 4.78 is 5.09. The lowest BCUT2D eigenvalue weighted by Crippen LogP contribution is -1.84. The Morgan fingerprint density at radius 3 is 2.41 bits per heavy atom. The van der Waals surface area contributed by atoms with Crippen LogP contribution in [0.1, 0.15) is 5.56 Å². The van der Waals surface area contributed by atoms with E-state index in [-0.39, 0.29) is 0 Å². The van der Waals surface area contributed by atoms with Crippen molar-refractivity contribution in [1.29, 1.82) is 5.26 Å². The molecule has 0 aliphatic carbocycles. The molecule has 3 heteroatoms. The average Bonchev–Trinajstić information content (AvgIpc) is 2.39. The molecule has 0 aliphatic rings. The first kappa shape index (κ1) is 11.5. The summed E-state index contributed by atoms with van der Waals surface area (Å²) in [7, 11) is 1.62. The Morgan fingerprint density at radius 2 is 1.82 bits per heavy atom. The number of benzene rings is 2. The topological polar surface area (TPSA) is 33.0 Å². The van der Waals surface area contributed by atoms with Gasteiger partial charge in [-0.1, -0.05) is 23.7 Å². The molecule has 0 N–H and O–H groups in total. The third kappa shape index (κ3) is 2.41. The minimum atomic E-state index is 0.597. The fourth-order valence-electron chi connectivity index (χ4n) is 1.59. The molecule has 0 saturated heterocycles. The molecule has 0 radical (unpaired) electrons. The largest absolute Gasteiger partial charge is 0.497 e. The monoisotopic (exact) mass is 243 g/mol. The van der Waals surface area contributed by atoms with Crippen LogP contribution < -0.4 is 4.74 Å². The minimum Gasteiger partial charge on any atom is -0.497 e. The van der Waals surface area contributed by atoms with Gasteiger partial charge >= 0.3 is 0 Å². The van der Waals surface area contributed by atoms with Gasteiger partial charge in [0.15, 0.2) is 0 Å². The summed E-state index contributed by atoms with van der Waals surface area (Å²) in [5, 5.41) is 9.50. The van der Waals surface area contributed by atoms with E-state index in [1.54, 1.807) is 25.3 Å². The zero-order valence-electron chi connectivity index (χ0n) is 9.27. The van der Waals surface area contributed by atoms with Crippen LogP contribution in [0.2, 0.25) is 5.02 Å². The first-order valence-corrected chi connectivity index (χ1v) is 5.46. The van der Waals surface area contributed by atoms with Crippen molar-refractivity contribution in [2.75, 3.05) is 7.11 Å². The number of hydrogen-bond acceptors (Lipinski definition) is 2. The van der Waals surface area contributed by atoms with Gasteiger partial charge in [-0.2, -0.15) is 5.26 Å². The van der Waals surface area contributed by atoms with Crippen molar-refractivity contribution in [3.8, 4) is 22.9 Å². The Bertz CT molecular complexity index is 570. The maximum atomic E-state index is 8.87. The second-order valence-corrected chi connectivity index (χ2v) is 3.94. The molecular weight excluding hydrogens is 234 g/mol. The van der Waals surface area contributed by atoms with Crippen LogP contribution in [0.3, 0.4) is 0 Å². The van der Waals surface area contributed by atoms with Gasteiger partial charge in [0, 0.05) is 10.6 Å². The number of rotatable bonds is 2. The van der Waals surface area contributed by atoms with Crippen LogP contribution in [0, 0.1) is 11.3 Å². The van der Waals surface area contributed by atoms with Gasteiger partial charge in [-0.15, -0.1) is 0 Å². The highest BCUT2D eigenvalue weighted by Gasteiger charge is 2.05. The zero-order chi connectivity index (χ0) is 12.3. The van der Waals surface area contributed by atoms with E-state index in [2.05, 4.69) is 6.07 Å². The molecule has 2 aromatic rings. The smallest absolute Gasteiger partial charge is 0.118 e. The summed E-state index contributed by atoms with van der Waals surface area (Å²) in [6, 6.07) is 14.9. The van der Waals surface area contributed by atoms with Gasteiger partial charge in [-0.3, -0.25) is 0 Å². The van der Waals surface area contributed by atoms with E-state index >= 15 is 0 Å².